The fourth-order valence-electron chi connectivity index (χ4n) is 4.45. The van der Waals surface area contributed by atoms with Crippen molar-refractivity contribution in [3.05, 3.63) is 77.1 Å². The third-order valence-electron chi connectivity index (χ3n) is 5.50. The molecule has 3 aromatic rings. The first-order chi connectivity index (χ1) is 11.1. The fourth-order valence-corrected chi connectivity index (χ4v) is 4.45. The standard InChI is InChI=1S/C20H15NO2.ClH/c1-19(2)14-7-3-5-12-6-4-8-15(17(12)14)20(19)16-11-21-10-9-13(16)18(22)23-20;/h3-11H,1-2H3;1H. The maximum Gasteiger partial charge on any atom is 0.339 e. The van der Waals surface area contributed by atoms with Crippen LogP contribution in [-0.4, -0.2) is 11.0 Å². The van der Waals surface area contributed by atoms with E-state index in [1.54, 1.807) is 18.5 Å². The van der Waals surface area contributed by atoms with Gasteiger partial charge in [-0.3, -0.25) is 4.98 Å². The Labute approximate surface area is 146 Å². The van der Waals surface area contributed by atoms with E-state index >= 15 is 0 Å². The summed E-state index contributed by atoms with van der Waals surface area (Å²) in [6.07, 6.45) is 3.43. The zero-order valence-electron chi connectivity index (χ0n) is 13.4. The summed E-state index contributed by atoms with van der Waals surface area (Å²) in [5, 5.41) is 2.38. The van der Waals surface area contributed by atoms with Crippen molar-refractivity contribution >= 4 is 29.1 Å². The molecule has 1 atom stereocenters. The predicted octanol–water partition coefficient (Wildman–Crippen LogP) is 4.36. The molecule has 0 N–H and O–H groups in total. The number of pyridine rings is 1. The van der Waals surface area contributed by atoms with Gasteiger partial charge in [0.15, 0.2) is 5.60 Å². The summed E-state index contributed by atoms with van der Waals surface area (Å²) in [5.74, 6) is -0.264. The third-order valence-corrected chi connectivity index (χ3v) is 5.50. The Balaban J connectivity index is 0.00000146. The van der Waals surface area contributed by atoms with Crippen molar-refractivity contribution < 1.29 is 9.53 Å². The van der Waals surface area contributed by atoms with Gasteiger partial charge in [-0.2, -0.15) is 0 Å². The van der Waals surface area contributed by atoms with Gasteiger partial charge in [0.25, 0.3) is 0 Å². The number of hydrogen-bond acceptors (Lipinski definition) is 3. The van der Waals surface area contributed by atoms with Gasteiger partial charge in [-0.05, 0) is 22.4 Å². The van der Waals surface area contributed by atoms with Crippen LogP contribution in [0.15, 0.2) is 54.9 Å². The first-order valence-corrected chi connectivity index (χ1v) is 7.78. The highest BCUT2D eigenvalue weighted by Crippen LogP contribution is 2.60. The van der Waals surface area contributed by atoms with Crippen molar-refractivity contribution in [3.63, 3.8) is 0 Å². The fraction of sp³-hybridized carbons (Fsp3) is 0.200. The van der Waals surface area contributed by atoms with E-state index in [1.807, 2.05) is 6.07 Å². The predicted molar refractivity (Wildman–Crippen MR) is 94.7 cm³/mol. The van der Waals surface area contributed by atoms with Gasteiger partial charge >= 0.3 is 5.97 Å². The number of esters is 1. The van der Waals surface area contributed by atoms with Gasteiger partial charge in [0, 0.05) is 28.9 Å². The molecule has 2 heterocycles. The van der Waals surface area contributed by atoms with Crippen LogP contribution < -0.4 is 0 Å². The lowest BCUT2D eigenvalue weighted by atomic mass is 9.69. The van der Waals surface area contributed by atoms with Crippen LogP contribution in [0, 0.1) is 0 Å². The normalized spacial score (nSPS) is 22.3. The number of nitrogens with zero attached hydrogens (tertiary/aromatic N) is 1. The molecule has 0 amide bonds. The Kier molecular flexibility index (Phi) is 2.89. The van der Waals surface area contributed by atoms with Crippen LogP contribution in [0.4, 0.5) is 0 Å². The van der Waals surface area contributed by atoms with Crippen LogP contribution in [0.1, 0.15) is 40.9 Å². The number of carbonyl (C=O) groups excluding carboxylic acids is 1. The van der Waals surface area contributed by atoms with Crippen LogP contribution in [0.3, 0.4) is 0 Å². The molecule has 0 radical (unpaired) electrons. The summed E-state index contributed by atoms with van der Waals surface area (Å²) >= 11 is 0. The molecule has 0 fully saturated rings. The van der Waals surface area contributed by atoms with E-state index in [0.29, 0.717) is 5.56 Å². The number of aromatic nitrogens is 1. The van der Waals surface area contributed by atoms with Crippen LogP contribution in [-0.2, 0) is 15.8 Å². The lowest BCUT2D eigenvalue weighted by molar-refractivity contribution is -0.0178. The summed E-state index contributed by atoms with van der Waals surface area (Å²) in [4.78, 5) is 16.8. The number of carbonyl (C=O) groups is 1. The van der Waals surface area contributed by atoms with Gasteiger partial charge in [0.1, 0.15) is 0 Å². The van der Waals surface area contributed by atoms with E-state index in [0.717, 1.165) is 11.1 Å². The van der Waals surface area contributed by atoms with E-state index in [2.05, 4.69) is 49.2 Å². The average Bonchev–Trinajstić information content (AvgIpc) is 2.97. The van der Waals surface area contributed by atoms with Gasteiger partial charge < -0.3 is 4.74 Å². The van der Waals surface area contributed by atoms with Crippen LogP contribution in [0.2, 0.25) is 0 Å². The first kappa shape index (κ1) is 15.2. The van der Waals surface area contributed by atoms with E-state index in [-0.39, 0.29) is 23.8 Å². The van der Waals surface area contributed by atoms with Crippen molar-refractivity contribution in [1.82, 2.24) is 4.98 Å². The highest BCUT2D eigenvalue weighted by Gasteiger charge is 2.61. The summed E-state index contributed by atoms with van der Waals surface area (Å²) in [5.41, 5.74) is 2.62. The largest absolute Gasteiger partial charge is 0.445 e. The molecule has 1 spiro atoms. The molecule has 2 aromatic carbocycles. The van der Waals surface area contributed by atoms with Gasteiger partial charge in [-0.1, -0.05) is 50.2 Å². The second-order valence-electron chi connectivity index (χ2n) is 6.83. The molecule has 4 heteroatoms. The van der Waals surface area contributed by atoms with Gasteiger partial charge in [-0.15, -0.1) is 12.4 Å². The van der Waals surface area contributed by atoms with E-state index in [9.17, 15) is 4.79 Å². The number of rotatable bonds is 0. The number of fused-ring (bicyclic) bond motifs is 3. The Bertz CT molecular complexity index is 1010. The highest BCUT2D eigenvalue weighted by molar-refractivity contribution is 6.01. The molecule has 24 heavy (non-hydrogen) atoms. The molecule has 5 rings (SSSR count). The number of ether oxygens (including phenoxy) is 1. The van der Waals surface area contributed by atoms with Crippen LogP contribution in [0.5, 0.6) is 0 Å². The van der Waals surface area contributed by atoms with E-state index in [1.165, 1.54) is 16.3 Å². The van der Waals surface area contributed by atoms with E-state index < -0.39 is 5.60 Å². The summed E-state index contributed by atoms with van der Waals surface area (Å²) < 4.78 is 6.09. The highest BCUT2D eigenvalue weighted by atomic mass is 35.5. The Morgan fingerprint density at radius 3 is 2.42 bits per heavy atom. The molecule has 0 saturated heterocycles. The quantitative estimate of drug-likeness (QED) is 0.572. The smallest absolute Gasteiger partial charge is 0.339 e. The van der Waals surface area contributed by atoms with Gasteiger partial charge in [0.05, 0.1) is 5.56 Å². The molecule has 3 nitrogen and oxygen atoms in total. The summed E-state index contributed by atoms with van der Waals surface area (Å²) in [6, 6.07) is 14.3. The molecule has 1 aromatic heterocycles. The zero-order chi connectivity index (χ0) is 15.8. The van der Waals surface area contributed by atoms with Crippen molar-refractivity contribution in [1.29, 1.82) is 0 Å². The van der Waals surface area contributed by atoms with E-state index in [4.69, 9.17) is 4.74 Å². The summed E-state index contributed by atoms with van der Waals surface area (Å²) in [6.45, 7) is 4.30. The Hall–Kier alpha value is -2.39. The molecule has 1 aliphatic heterocycles. The minimum atomic E-state index is -0.795. The maximum absolute atomic E-state index is 12.5. The lowest BCUT2D eigenvalue weighted by Crippen LogP contribution is -2.43. The molecule has 0 saturated carbocycles. The van der Waals surface area contributed by atoms with Crippen LogP contribution in [0.25, 0.3) is 10.8 Å². The molecule has 0 bridgehead atoms. The molecular weight excluding hydrogens is 322 g/mol. The lowest BCUT2D eigenvalue weighted by Gasteiger charge is -2.38. The molecule has 2 aliphatic rings. The Morgan fingerprint density at radius 1 is 0.958 bits per heavy atom. The Morgan fingerprint density at radius 2 is 1.67 bits per heavy atom. The third kappa shape index (κ3) is 1.44. The second kappa shape index (κ2) is 4.58. The molecule has 1 unspecified atom stereocenters. The minimum absolute atomic E-state index is 0. The minimum Gasteiger partial charge on any atom is -0.445 e. The zero-order valence-corrected chi connectivity index (χ0v) is 14.2. The summed E-state index contributed by atoms with van der Waals surface area (Å²) in [7, 11) is 0. The molecule has 120 valence electrons. The number of halogens is 1. The SMILES string of the molecule is CC1(C)c2cccc3cccc(c23)C12OC(=O)c1ccncc12.Cl. The average molecular weight is 338 g/mol. The van der Waals surface area contributed by atoms with Gasteiger partial charge in [0.2, 0.25) is 0 Å². The number of hydrogen-bond donors (Lipinski definition) is 0. The number of benzene rings is 2. The van der Waals surface area contributed by atoms with Crippen molar-refractivity contribution in [3.8, 4) is 0 Å². The molecule has 1 aliphatic carbocycles. The first-order valence-electron chi connectivity index (χ1n) is 7.78. The van der Waals surface area contributed by atoms with Crippen LogP contribution >= 0.6 is 12.4 Å². The second-order valence-corrected chi connectivity index (χ2v) is 6.83. The van der Waals surface area contributed by atoms with Crippen molar-refractivity contribution in [2.24, 2.45) is 0 Å². The van der Waals surface area contributed by atoms with Gasteiger partial charge in [-0.25, -0.2) is 4.79 Å². The van der Waals surface area contributed by atoms with Crippen molar-refractivity contribution in [2.45, 2.75) is 24.9 Å². The van der Waals surface area contributed by atoms with Crippen molar-refractivity contribution in [2.75, 3.05) is 0 Å². The molecular formula is C20H16ClNO2. The monoisotopic (exact) mass is 337 g/mol. The topological polar surface area (TPSA) is 39.2 Å². The maximum atomic E-state index is 12.5.